The number of likely N-dealkylation sites (tertiary alicyclic amines) is 1. The minimum absolute atomic E-state index is 0.00845. The minimum atomic E-state index is 0.00845. The van der Waals surface area contributed by atoms with Crippen molar-refractivity contribution in [2.24, 2.45) is 0 Å². The maximum atomic E-state index is 12.7. The second kappa shape index (κ2) is 10.3. The lowest BCUT2D eigenvalue weighted by Gasteiger charge is -2.13. The summed E-state index contributed by atoms with van der Waals surface area (Å²) in [5.74, 6) is 0.00845. The van der Waals surface area contributed by atoms with Crippen LogP contribution in [-0.2, 0) is 6.54 Å². The topological polar surface area (TPSA) is 78.8 Å². The number of aromatic amines is 1. The lowest BCUT2D eigenvalue weighted by Crippen LogP contribution is -2.25. The van der Waals surface area contributed by atoms with Gasteiger partial charge in [0.05, 0.1) is 29.0 Å². The number of rotatable bonds is 9. The van der Waals surface area contributed by atoms with Crippen LogP contribution in [0.2, 0.25) is 0 Å². The molecule has 3 heterocycles. The summed E-state index contributed by atoms with van der Waals surface area (Å²) in [6.07, 6.45) is 10.9. The van der Waals surface area contributed by atoms with Crippen LogP contribution in [0.3, 0.4) is 0 Å². The third kappa shape index (κ3) is 5.39. The summed E-state index contributed by atoms with van der Waals surface area (Å²) >= 11 is 1.60. The van der Waals surface area contributed by atoms with Gasteiger partial charge in [0.1, 0.15) is 0 Å². The molecule has 2 fully saturated rings. The molecule has 1 saturated carbocycles. The van der Waals surface area contributed by atoms with Crippen molar-refractivity contribution in [3.8, 4) is 0 Å². The summed E-state index contributed by atoms with van der Waals surface area (Å²) in [7, 11) is 0. The van der Waals surface area contributed by atoms with Crippen LogP contribution in [0.5, 0.6) is 0 Å². The molecule has 0 unspecified atom stereocenters. The van der Waals surface area contributed by atoms with Gasteiger partial charge in [-0.05, 0) is 87.3 Å². The van der Waals surface area contributed by atoms with Crippen molar-refractivity contribution >= 4 is 40.7 Å². The number of fused-ring (bicyclic) bond motifs is 1. The van der Waals surface area contributed by atoms with Gasteiger partial charge in [-0.3, -0.25) is 14.6 Å². The molecule has 0 spiro atoms. The predicted molar refractivity (Wildman–Crippen MR) is 144 cm³/mol. The zero-order valence-electron chi connectivity index (χ0n) is 20.2. The quantitative estimate of drug-likeness (QED) is 0.337. The molecule has 1 amide bonds. The number of hydrogen-bond donors (Lipinski definition) is 2. The predicted octanol–water partition coefficient (Wildman–Crippen LogP) is 5.07. The van der Waals surface area contributed by atoms with Gasteiger partial charge in [-0.2, -0.15) is 10.2 Å². The average Bonchev–Trinajstić information content (AvgIpc) is 3.27. The van der Waals surface area contributed by atoms with E-state index in [2.05, 4.69) is 43.7 Å². The second-order valence-corrected chi connectivity index (χ2v) is 10.7. The molecule has 7 nitrogen and oxygen atoms in total. The van der Waals surface area contributed by atoms with E-state index in [1.807, 2.05) is 53.4 Å². The smallest absolute Gasteiger partial charge is 0.252 e. The van der Waals surface area contributed by atoms with Gasteiger partial charge in [-0.15, -0.1) is 0 Å². The van der Waals surface area contributed by atoms with Crippen molar-refractivity contribution in [3.05, 3.63) is 71.7 Å². The number of nitrogens with one attached hydrogen (secondary N) is 2. The first-order valence-electron chi connectivity index (χ1n) is 12.7. The number of carbonyl (C=O) groups excluding carboxylic acids is 1. The molecule has 0 radical (unpaired) electrons. The number of nitrogens with zero attached hydrogens (tertiary/aromatic N) is 4. The van der Waals surface area contributed by atoms with Crippen molar-refractivity contribution in [2.75, 3.05) is 19.6 Å². The van der Waals surface area contributed by atoms with Crippen molar-refractivity contribution in [1.29, 1.82) is 0 Å². The molecule has 8 heteroatoms. The molecule has 2 aromatic carbocycles. The average molecular weight is 499 g/mol. The molecule has 6 rings (SSSR count). The molecule has 4 aromatic rings. The molecule has 0 atom stereocenters. The summed E-state index contributed by atoms with van der Waals surface area (Å²) in [5, 5.41) is 16.5. The molecule has 1 aliphatic carbocycles. The van der Waals surface area contributed by atoms with Crippen molar-refractivity contribution in [2.45, 2.75) is 48.1 Å². The fraction of sp³-hybridized carbons (Fsp3) is 0.321. The Morgan fingerprint density at radius 2 is 1.94 bits per heavy atom. The Morgan fingerprint density at radius 3 is 2.81 bits per heavy atom. The lowest BCUT2D eigenvalue weighted by atomic mass is 10.2. The van der Waals surface area contributed by atoms with E-state index in [0.717, 1.165) is 63.6 Å². The SMILES string of the molecule is O=C(NC1CC1)c1ccccc1Sc1ccc2c(/C=C/c3ccn(CCN4CCCC4)n3)n[nH]c2c1. The van der Waals surface area contributed by atoms with Crippen LogP contribution in [0.4, 0.5) is 0 Å². The minimum Gasteiger partial charge on any atom is -0.349 e. The van der Waals surface area contributed by atoms with Gasteiger partial charge in [0.15, 0.2) is 0 Å². The zero-order valence-corrected chi connectivity index (χ0v) is 21.0. The van der Waals surface area contributed by atoms with Crippen molar-refractivity contribution < 1.29 is 4.79 Å². The maximum Gasteiger partial charge on any atom is 0.252 e. The molecular weight excluding hydrogens is 468 g/mol. The van der Waals surface area contributed by atoms with E-state index in [-0.39, 0.29) is 5.91 Å². The van der Waals surface area contributed by atoms with E-state index in [1.165, 1.54) is 25.9 Å². The summed E-state index contributed by atoms with van der Waals surface area (Å²) in [6, 6.07) is 16.4. The number of carbonyl (C=O) groups is 1. The van der Waals surface area contributed by atoms with Gasteiger partial charge in [0.25, 0.3) is 5.91 Å². The number of hydrogen-bond acceptors (Lipinski definition) is 5. The highest BCUT2D eigenvalue weighted by molar-refractivity contribution is 7.99. The Morgan fingerprint density at radius 1 is 1.08 bits per heavy atom. The van der Waals surface area contributed by atoms with E-state index in [0.29, 0.717) is 6.04 Å². The molecular formula is C28H30N6OS. The molecule has 0 bridgehead atoms. The van der Waals surface area contributed by atoms with Gasteiger partial charge >= 0.3 is 0 Å². The summed E-state index contributed by atoms with van der Waals surface area (Å²) < 4.78 is 2.02. The van der Waals surface area contributed by atoms with Crippen molar-refractivity contribution in [3.63, 3.8) is 0 Å². The maximum absolute atomic E-state index is 12.7. The van der Waals surface area contributed by atoms with Crippen LogP contribution >= 0.6 is 11.8 Å². The van der Waals surface area contributed by atoms with Gasteiger partial charge in [-0.25, -0.2) is 0 Å². The Labute approximate surface area is 215 Å². The van der Waals surface area contributed by atoms with Gasteiger partial charge in [0.2, 0.25) is 0 Å². The lowest BCUT2D eigenvalue weighted by molar-refractivity contribution is 0.0948. The molecule has 2 aliphatic rings. The van der Waals surface area contributed by atoms with Crippen molar-refractivity contribution in [1.82, 2.24) is 30.2 Å². The van der Waals surface area contributed by atoms with E-state index in [1.54, 1.807) is 11.8 Å². The fourth-order valence-corrected chi connectivity index (χ4v) is 5.56. The summed E-state index contributed by atoms with van der Waals surface area (Å²) in [4.78, 5) is 17.2. The molecule has 184 valence electrons. The standard InChI is InChI=1S/C28H30N6OS/c35-28(29-20-7-8-20)24-5-1-2-6-27(24)36-22-10-11-23-25(30-31-26(23)19-22)12-9-21-13-16-34(32-21)18-17-33-14-3-4-15-33/h1-2,5-6,9-13,16,19-20H,3-4,7-8,14-15,17-18H2,(H,29,35)(H,30,31)/b12-9+. The van der Waals surface area contributed by atoms with Crippen LogP contribution in [0.25, 0.3) is 23.1 Å². The highest BCUT2D eigenvalue weighted by Crippen LogP contribution is 2.33. The van der Waals surface area contributed by atoms with Crippen LogP contribution < -0.4 is 5.32 Å². The van der Waals surface area contributed by atoms with Gasteiger partial charge in [0, 0.05) is 34.0 Å². The largest absolute Gasteiger partial charge is 0.349 e. The van der Waals surface area contributed by atoms with Gasteiger partial charge < -0.3 is 10.2 Å². The first kappa shape index (κ1) is 23.1. The summed E-state index contributed by atoms with van der Waals surface area (Å²) in [5.41, 5.74) is 3.51. The number of H-pyrrole nitrogens is 1. The molecule has 36 heavy (non-hydrogen) atoms. The van der Waals surface area contributed by atoms with Gasteiger partial charge in [-0.1, -0.05) is 23.9 Å². The molecule has 2 aromatic heterocycles. The molecule has 1 saturated heterocycles. The first-order valence-corrected chi connectivity index (χ1v) is 13.5. The van der Waals surface area contributed by atoms with Crippen LogP contribution in [0, 0.1) is 0 Å². The number of aromatic nitrogens is 4. The Kier molecular flexibility index (Phi) is 6.61. The summed E-state index contributed by atoms with van der Waals surface area (Å²) in [6.45, 7) is 4.40. The van der Waals surface area contributed by atoms with E-state index < -0.39 is 0 Å². The van der Waals surface area contributed by atoms with E-state index in [4.69, 9.17) is 0 Å². The highest BCUT2D eigenvalue weighted by Gasteiger charge is 2.25. The highest BCUT2D eigenvalue weighted by atomic mass is 32.2. The molecule has 1 aliphatic heterocycles. The Bertz CT molecular complexity index is 1400. The molecule has 2 N–H and O–H groups in total. The monoisotopic (exact) mass is 498 g/mol. The Balaban J connectivity index is 1.13. The number of benzene rings is 2. The zero-order chi connectivity index (χ0) is 24.3. The normalized spacial score (nSPS) is 16.3. The van der Waals surface area contributed by atoms with E-state index >= 15 is 0 Å². The third-order valence-corrected chi connectivity index (χ3v) is 7.82. The third-order valence-electron chi connectivity index (χ3n) is 6.75. The second-order valence-electron chi connectivity index (χ2n) is 9.55. The van der Waals surface area contributed by atoms with Crippen LogP contribution in [0.15, 0.2) is 64.5 Å². The van der Waals surface area contributed by atoms with Crippen LogP contribution in [0.1, 0.15) is 47.4 Å². The Hall–Kier alpha value is -3.36. The van der Waals surface area contributed by atoms with Crippen LogP contribution in [-0.4, -0.2) is 56.5 Å². The first-order chi connectivity index (χ1) is 17.7. The fourth-order valence-electron chi connectivity index (χ4n) is 4.58. The number of amides is 1. The van der Waals surface area contributed by atoms with E-state index in [9.17, 15) is 4.79 Å².